The van der Waals surface area contributed by atoms with Gasteiger partial charge in [-0.15, -0.1) is 0 Å². The van der Waals surface area contributed by atoms with Crippen LogP contribution in [0.2, 0.25) is 0 Å². The quantitative estimate of drug-likeness (QED) is 0.593. The molecule has 30 heavy (non-hydrogen) atoms. The Balaban J connectivity index is 1.76. The Morgan fingerprint density at radius 2 is 2.00 bits per heavy atom. The van der Waals surface area contributed by atoms with E-state index in [1.54, 1.807) is 12.1 Å². The summed E-state index contributed by atoms with van der Waals surface area (Å²) in [5.74, 6) is -0.512. The molecule has 0 radical (unpaired) electrons. The zero-order valence-electron chi connectivity index (χ0n) is 17.4. The van der Waals surface area contributed by atoms with E-state index < -0.39 is 16.1 Å². The molecule has 1 fully saturated rings. The summed E-state index contributed by atoms with van der Waals surface area (Å²) >= 11 is 0. The normalized spacial score (nSPS) is 19.5. The fourth-order valence-electron chi connectivity index (χ4n) is 3.77. The van der Waals surface area contributed by atoms with Crippen LogP contribution in [0.1, 0.15) is 25.8 Å². The second-order valence-electron chi connectivity index (χ2n) is 7.26. The van der Waals surface area contributed by atoms with Crippen LogP contribution in [-0.2, 0) is 35.5 Å². The average Bonchev–Trinajstić information content (AvgIpc) is 3.13. The first-order valence-corrected chi connectivity index (χ1v) is 11.7. The van der Waals surface area contributed by atoms with Gasteiger partial charge < -0.3 is 14.8 Å². The molecule has 2 amide bonds. The molecule has 10 heteroatoms. The highest BCUT2D eigenvalue weighted by Crippen LogP contribution is 2.35. The Bertz CT molecular complexity index is 883. The maximum Gasteiger partial charge on any atom is 0.243 e. The predicted octanol–water partition coefficient (Wildman–Crippen LogP) is 0.528. The summed E-state index contributed by atoms with van der Waals surface area (Å²) < 4.78 is 37.8. The number of anilines is 1. The van der Waals surface area contributed by atoms with Crippen molar-refractivity contribution in [2.75, 3.05) is 51.0 Å². The Morgan fingerprint density at radius 3 is 2.67 bits per heavy atom. The number of carbonyl (C=O) groups excluding carboxylic acids is 2. The fraction of sp³-hybridized carbons (Fsp3) is 0.600. The van der Waals surface area contributed by atoms with Gasteiger partial charge in [0.05, 0.1) is 18.1 Å². The molecule has 1 atom stereocenters. The van der Waals surface area contributed by atoms with E-state index in [9.17, 15) is 18.0 Å². The molecule has 0 aromatic heterocycles. The maximum absolute atomic E-state index is 12.9. The lowest BCUT2D eigenvalue weighted by molar-refractivity contribution is -0.125. The van der Waals surface area contributed by atoms with Crippen molar-refractivity contribution in [1.82, 2.24) is 9.62 Å². The van der Waals surface area contributed by atoms with Gasteiger partial charge in [-0.1, -0.05) is 0 Å². The number of hydrogen-bond donors (Lipinski definition) is 1. The van der Waals surface area contributed by atoms with Crippen molar-refractivity contribution in [3.8, 4) is 0 Å². The molecule has 0 bridgehead atoms. The minimum absolute atomic E-state index is 0.171. The van der Waals surface area contributed by atoms with Crippen molar-refractivity contribution in [2.24, 2.45) is 0 Å². The van der Waals surface area contributed by atoms with Crippen LogP contribution in [0.25, 0.3) is 0 Å². The van der Waals surface area contributed by atoms with Crippen molar-refractivity contribution in [2.45, 2.75) is 37.6 Å². The molecule has 1 aromatic rings. The lowest BCUT2D eigenvalue weighted by atomic mass is 10.1. The molecule has 1 aromatic carbocycles. The van der Waals surface area contributed by atoms with Crippen molar-refractivity contribution in [3.63, 3.8) is 0 Å². The molecule has 3 rings (SSSR count). The molecule has 1 saturated heterocycles. The third kappa shape index (κ3) is 4.83. The first-order valence-electron chi connectivity index (χ1n) is 10.2. The molecule has 2 heterocycles. The summed E-state index contributed by atoms with van der Waals surface area (Å²) in [7, 11) is -3.65. The van der Waals surface area contributed by atoms with E-state index in [1.165, 1.54) is 22.2 Å². The monoisotopic (exact) mass is 439 g/mol. The van der Waals surface area contributed by atoms with Crippen LogP contribution in [0.3, 0.4) is 0 Å². The van der Waals surface area contributed by atoms with E-state index in [2.05, 4.69) is 5.32 Å². The molecular formula is C20H29N3O6S. The number of amides is 2. The number of nitrogens with zero attached hydrogens (tertiary/aromatic N) is 2. The molecule has 166 valence electrons. The minimum Gasteiger partial charge on any atom is -0.382 e. The van der Waals surface area contributed by atoms with Crippen LogP contribution in [0.5, 0.6) is 0 Å². The van der Waals surface area contributed by atoms with Crippen LogP contribution in [0.15, 0.2) is 23.1 Å². The summed E-state index contributed by atoms with van der Waals surface area (Å²) in [5, 5.41) is 2.85. The molecule has 2 aliphatic heterocycles. The number of hydrogen-bond acceptors (Lipinski definition) is 6. The van der Waals surface area contributed by atoms with Crippen LogP contribution >= 0.6 is 0 Å². The zero-order chi connectivity index (χ0) is 21.7. The SMILES string of the molecule is CCOCCCNC(=O)[C@@H]1Cc2cc(S(=O)(=O)N3CCOCC3)ccc2N1C(C)=O. The molecule has 2 aliphatic rings. The maximum atomic E-state index is 12.9. The molecule has 0 unspecified atom stereocenters. The summed E-state index contributed by atoms with van der Waals surface area (Å²) in [6.07, 6.45) is 0.958. The van der Waals surface area contributed by atoms with E-state index in [0.29, 0.717) is 63.7 Å². The first kappa shape index (κ1) is 22.7. The Morgan fingerprint density at radius 1 is 1.27 bits per heavy atom. The van der Waals surface area contributed by atoms with Crippen LogP contribution in [0, 0.1) is 0 Å². The van der Waals surface area contributed by atoms with Gasteiger partial charge in [0, 0.05) is 51.9 Å². The number of ether oxygens (including phenoxy) is 2. The smallest absolute Gasteiger partial charge is 0.243 e. The van der Waals surface area contributed by atoms with Gasteiger partial charge in [-0.25, -0.2) is 8.42 Å². The van der Waals surface area contributed by atoms with Crippen LogP contribution in [-0.4, -0.2) is 76.6 Å². The van der Waals surface area contributed by atoms with E-state index >= 15 is 0 Å². The van der Waals surface area contributed by atoms with Gasteiger partial charge in [-0.2, -0.15) is 4.31 Å². The fourth-order valence-corrected chi connectivity index (χ4v) is 5.23. The van der Waals surface area contributed by atoms with E-state index in [4.69, 9.17) is 9.47 Å². The van der Waals surface area contributed by atoms with Crippen molar-refractivity contribution in [1.29, 1.82) is 0 Å². The number of benzene rings is 1. The molecule has 0 saturated carbocycles. The third-order valence-electron chi connectivity index (χ3n) is 5.25. The standard InChI is InChI=1S/C20H29N3O6S/c1-3-28-10-4-7-21-20(25)19-14-16-13-17(5-6-18(16)23(19)15(2)24)30(26,27)22-8-11-29-12-9-22/h5-6,13,19H,3-4,7-12,14H2,1-2H3,(H,21,25)/t19-/m0/s1. The van der Waals surface area contributed by atoms with Gasteiger partial charge in [-0.3, -0.25) is 14.5 Å². The minimum atomic E-state index is -3.65. The molecule has 0 aliphatic carbocycles. The average molecular weight is 440 g/mol. The van der Waals surface area contributed by atoms with Crippen molar-refractivity contribution >= 4 is 27.5 Å². The molecule has 0 spiro atoms. The van der Waals surface area contributed by atoms with E-state index in [0.717, 1.165) is 0 Å². The molecular weight excluding hydrogens is 410 g/mol. The highest BCUT2D eigenvalue weighted by atomic mass is 32.2. The summed E-state index contributed by atoms with van der Waals surface area (Å²) in [4.78, 5) is 26.6. The Hall–Kier alpha value is -2.01. The van der Waals surface area contributed by atoms with Crippen LogP contribution < -0.4 is 10.2 Å². The van der Waals surface area contributed by atoms with Gasteiger partial charge in [0.25, 0.3) is 0 Å². The predicted molar refractivity (Wildman–Crippen MR) is 111 cm³/mol. The third-order valence-corrected chi connectivity index (χ3v) is 7.15. The number of fused-ring (bicyclic) bond motifs is 1. The first-order chi connectivity index (χ1) is 14.4. The van der Waals surface area contributed by atoms with Gasteiger partial charge in [-0.05, 0) is 37.1 Å². The number of rotatable bonds is 8. The number of sulfonamides is 1. The number of carbonyl (C=O) groups is 2. The molecule has 1 N–H and O–H groups in total. The van der Waals surface area contributed by atoms with Gasteiger partial charge in [0.2, 0.25) is 21.8 Å². The lowest BCUT2D eigenvalue weighted by Gasteiger charge is -2.26. The second-order valence-corrected chi connectivity index (χ2v) is 9.20. The topological polar surface area (TPSA) is 105 Å². The van der Waals surface area contributed by atoms with Gasteiger partial charge in [0.15, 0.2) is 0 Å². The lowest BCUT2D eigenvalue weighted by Crippen LogP contribution is -2.47. The summed E-state index contributed by atoms with van der Waals surface area (Å²) in [6, 6.07) is 4.01. The van der Waals surface area contributed by atoms with Crippen LogP contribution in [0.4, 0.5) is 5.69 Å². The number of nitrogens with one attached hydrogen (secondary N) is 1. The van der Waals surface area contributed by atoms with E-state index in [-0.39, 0.29) is 23.1 Å². The van der Waals surface area contributed by atoms with Crippen molar-refractivity contribution < 1.29 is 27.5 Å². The second kappa shape index (κ2) is 9.86. The Labute approximate surface area is 177 Å². The van der Waals surface area contributed by atoms with Gasteiger partial charge >= 0.3 is 0 Å². The highest BCUT2D eigenvalue weighted by molar-refractivity contribution is 7.89. The molecule has 9 nitrogen and oxygen atoms in total. The summed E-state index contributed by atoms with van der Waals surface area (Å²) in [5.41, 5.74) is 1.26. The summed E-state index contributed by atoms with van der Waals surface area (Å²) in [6.45, 7) is 6.31. The van der Waals surface area contributed by atoms with E-state index in [1.807, 2.05) is 6.92 Å². The Kier molecular flexibility index (Phi) is 7.45. The largest absolute Gasteiger partial charge is 0.382 e. The van der Waals surface area contributed by atoms with Crippen molar-refractivity contribution in [3.05, 3.63) is 23.8 Å². The highest BCUT2D eigenvalue weighted by Gasteiger charge is 2.38. The van der Waals surface area contributed by atoms with Gasteiger partial charge in [0.1, 0.15) is 6.04 Å². The number of morpholine rings is 1. The zero-order valence-corrected chi connectivity index (χ0v) is 18.2.